The second-order valence-corrected chi connectivity index (χ2v) is 6.07. The Bertz CT molecular complexity index is 496. The highest BCUT2D eigenvalue weighted by molar-refractivity contribution is 6.42. The van der Waals surface area contributed by atoms with Crippen molar-refractivity contribution in [2.75, 3.05) is 19.6 Å². The summed E-state index contributed by atoms with van der Waals surface area (Å²) in [5.74, 6) is 0.0133. The first-order chi connectivity index (χ1) is 10.0. The molecule has 21 heavy (non-hydrogen) atoms. The average molecular weight is 332 g/mol. The number of nitrogens with zero attached hydrogens (tertiary/aromatic N) is 1. The molecule has 1 aliphatic rings. The van der Waals surface area contributed by atoms with Crippen molar-refractivity contribution < 1.29 is 14.6 Å². The zero-order valence-electron chi connectivity index (χ0n) is 11.7. The molecule has 1 aromatic rings. The summed E-state index contributed by atoms with van der Waals surface area (Å²) in [5, 5.41) is 9.62. The van der Waals surface area contributed by atoms with Crippen LogP contribution in [0.4, 0.5) is 0 Å². The highest BCUT2D eigenvalue weighted by Gasteiger charge is 2.23. The van der Waals surface area contributed by atoms with Crippen molar-refractivity contribution in [1.29, 1.82) is 0 Å². The van der Waals surface area contributed by atoms with Gasteiger partial charge >= 0.3 is 5.97 Å². The molecule has 2 rings (SSSR count). The van der Waals surface area contributed by atoms with E-state index >= 15 is 0 Å². The van der Waals surface area contributed by atoms with E-state index in [-0.39, 0.29) is 12.5 Å². The first-order valence-corrected chi connectivity index (χ1v) is 7.86. The van der Waals surface area contributed by atoms with Crippen LogP contribution in [-0.2, 0) is 4.79 Å². The Morgan fingerprint density at radius 3 is 2.86 bits per heavy atom. The number of hydrogen-bond donors (Lipinski definition) is 1. The minimum atomic E-state index is -0.725. The van der Waals surface area contributed by atoms with Crippen molar-refractivity contribution >= 4 is 29.2 Å². The minimum absolute atomic E-state index is 0.154. The average Bonchev–Trinajstić information content (AvgIpc) is 2.86. The van der Waals surface area contributed by atoms with Gasteiger partial charge in [-0.2, -0.15) is 0 Å². The van der Waals surface area contributed by atoms with Crippen LogP contribution < -0.4 is 4.74 Å². The van der Waals surface area contributed by atoms with E-state index in [0.29, 0.717) is 10.0 Å². The van der Waals surface area contributed by atoms with Crippen LogP contribution in [0.1, 0.15) is 25.7 Å². The van der Waals surface area contributed by atoms with E-state index in [0.717, 1.165) is 44.6 Å². The van der Waals surface area contributed by atoms with Crippen molar-refractivity contribution in [2.24, 2.45) is 0 Å². The van der Waals surface area contributed by atoms with Gasteiger partial charge in [-0.1, -0.05) is 23.2 Å². The highest BCUT2D eigenvalue weighted by atomic mass is 35.5. The SMILES string of the molecule is O=C(O)CCCCN1CCC(Oc2ccc(Cl)c(Cl)c2)C1. The summed E-state index contributed by atoms with van der Waals surface area (Å²) in [5.41, 5.74) is 0. The lowest BCUT2D eigenvalue weighted by Crippen LogP contribution is -2.25. The Kier molecular flexibility index (Phi) is 6.15. The summed E-state index contributed by atoms with van der Waals surface area (Å²) < 4.78 is 5.91. The molecule has 1 aromatic carbocycles. The van der Waals surface area contributed by atoms with Gasteiger partial charge in [0.2, 0.25) is 0 Å². The number of aliphatic carboxylic acids is 1. The summed E-state index contributed by atoms with van der Waals surface area (Å²) in [6.07, 6.45) is 3.01. The van der Waals surface area contributed by atoms with Crippen LogP contribution >= 0.6 is 23.2 Å². The number of ether oxygens (including phenoxy) is 1. The van der Waals surface area contributed by atoms with Gasteiger partial charge in [0.05, 0.1) is 10.0 Å². The quantitative estimate of drug-likeness (QED) is 0.774. The van der Waals surface area contributed by atoms with Gasteiger partial charge in [-0.15, -0.1) is 0 Å². The molecule has 0 bridgehead atoms. The third-order valence-corrected chi connectivity index (χ3v) is 4.28. The number of carboxylic acids is 1. The Labute approximate surface area is 134 Å². The molecule has 116 valence electrons. The largest absolute Gasteiger partial charge is 0.489 e. The van der Waals surface area contributed by atoms with E-state index in [1.807, 2.05) is 6.07 Å². The number of likely N-dealkylation sites (tertiary alicyclic amines) is 1. The van der Waals surface area contributed by atoms with E-state index in [2.05, 4.69) is 4.90 Å². The molecular formula is C15H19Cl2NO3. The standard InChI is InChI=1S/C15H19Cl2NO3/c16-13-5-4-11(9-14(13)17)21-12-6-8-18(10-12)7-2-1-3-15(19)20/h4-5,9,12H,1-3,6-8,10H2,(H,19,20). The maximum absolute atomic E-state index is 10.4. The molecule has 1 aliphatic heterocycles. The second-order valence-electron chi connectivity index (χ2n) is 5.26. The fraction of sp³-hybridized carbons (Fsp3) is 0.533. The van der Waals surface area contributed by atoms with Crippen LogP contribution in [0.3, 0.4) is 0 Å². The molecule has 1 unspecified atom stereocenters. The summed E-state index contributed by atoms with van der Waals surface area (Å²) in [6.45, 7) is 2.78. The number of benzene rings is 1. The van der Waals surface area contributed by atoms with E-state index in [1.165, 1.54) is 0 Å². The Morgan fingerprint density at radius 1 is 1.33 bits per heavy atom. The lowest BCUT2D eigenvalue weighted by Gasteiger charge is -2.17. The predicted octanol–water partition coefficient (Wildman–Crippen LogP) is 3.70. The summed E-state index contributed by atoms with van der Waals surface area (Å²) >= 11 is 11.8. The molecule has 0 aliphatic carbocycles. The maximum Gasteiger partial charge on any atom is 0.303 e. The van der Waals surface area contributed by atoms with Gasteiger partial charge in [0.25, 0.3) is 0 Å². The minimum Gasteiger partial charge on any atom is -0.489 e. The summed E-state index contributed by atoms with van der Waals surface area (Å²) in [4.78, 5) is 12.8. The first kappa shape index (κ1) is 16.4. The van der Waals surface area contributed by atoms with E-state index in [9.17, 15) is 4.79 Å². The number of hydrogen-bond acceptors (Lipinski definition) is 3. The van der Waals surface area contributed by atoms with Crippen LogP contribution in [0.15, 0.2) is 18.2 Å². The van der Waals surface area contributed by atoms with E-state index in [1.54, 1.807) is 12.1 Å². The van der Waals surface area contributed by atoms with E-state index < -0.39 is 5.97 Å². The molecule has 0 radical (unpaired) electrons. The van der Waals surface area contributed by atoms with Crippen LogP contribution in [0.2, 0.25) is 10.0 Å². The van der Waals surface area contributed by atoms with Crippen molar-refractivity contribution in [3.8, 4) is 5.75 Å². The first-order valence-electron chi connectivity index (χ1n) is 7.10. The highest BCUT2D eigenvalue weighted by Crippen LogP contribution is 2.28. The molecular weight excluding hydrogens is 313 g/mol. The zero-order valence-corrected chi connectivity index (χ0v) is 13.2. The van der Waals surface area contributed by atoms with E-state index in [4.69, 9.17) is 33.0 Å². The van der Waals surface area contributed by atoms with Gasteiger partial charge in [-0.25, -0.2) is 0 Å². The van der Waals surface area contributed by atoms with Crippen LogP contribution in [0.25, 0.3) is 0 Å². The molecule has 0 amide bonds. The van der Waals surface area contributed by atoms with Crippen molar-refractivity contribution in [1.82, 2.24) is 4.90 Å². The van der Waals surface area contributed by atoms with Crippen LogP contribution in [-0.4, -0.2) is 41.7 Å². The molecule has 1 fully saturated rings. The number of rotatable bonds is 7. The fourth-order valence-corrected chi connectivity index (χ4v) is 2.74. The number of carboxylic acid groups (broad SMARTS) is 1. The predicted molar refractivity (Wildman–Crippen MR) is 83.4 cm³/mol. The third kappa shape index (κ3) is 5.38. The topological polar surface area (TPSA) is 49.8 Å². The molecule has 4 nitrogen and oxygen atoms in total. The van der Waals surface area contributed by atoms with Crippen molar-refractivity contribution in [2.45, 2.75) is 31.8 Å². The molecule has 1 saturated heterocycles. The number of halogens is 2. The van der Waals surface area contributed by atoms with Crippen LogP contribution in [0.5, 0.6) is 5.75 Å². The Hall–Kier alpha value is -0.970. The fourth-order valence-electron chi connectivity index (χ4n) is 2.45. The lowest BCUT2D eigenvalue weighted by atomic mass is 10.2. The second kappa shape index (κ2) is 7.87. The van der Waals surface area contributed by atoms with Gasteiger partial charge in [0.1, 0.15) is 11.9 Å². The smallest absolute Gasteiger partial charge is 0.303 e. The van der Waals surface area contributed by atoms with Crippen LogP contribution in [0, 0.1) is 0 Å². The maximum atomic E-state index is 10.4. The normalized spacial score (nSPS) is 18.9. The molecule has 1 heterocycles. The zero-order chi connectivity index (χ0) is 15.2. The monoisotopic (exact) mass is 331 g/mol. The van der Waals surface area contributed by atoms with Gasteiger partial charge < -0.3 is 9.84 Å². The Balaban J connectivity index is 1.72. The Morgan fingerprint density at radius 2 is 2.14 bits per heavy atom. The molecule has 1 atom stereocenters. The van der Waals surface area contributed by atoms with Crippen molar-refractivity contribution in [3.05, 3.63) is 28.2 Å². The third-order valence-electron chi connectivity index (χ3n) is 3.54. The van der Waals surface area contributed by atoms with Gasteiger partial charge in [0, 0.05) is 25.6 Å². The molecule has 0 aromatic heterocycles. The van der Waals surface area contributed by atoms with Gasteiger partial charge in [0.15, 0.2) is 0 Å². The number of carbonyl (C=O) groups is 1. The van der Waals surface area contributed by atoms with Gasteiger partial charge in [-0.05, 0) is 37.9 Å². The molecule has 1 N–H and O–H groups in total. The lowest BCUT2D eigenvalue weighted by molar-refractivity contribution is -0.137. The van der Waals surface area contributed by atoms with Gasteiger partial charge in [-0.3, -0.25) is 9.69 Å². The summed E-state index contributed by atoms with van der Waals surface area (Å²) in [6, 6.07) is 5.29. The molecule has 0 spiro atoms. The molecule has 6 heteroatoms. The molecule has 0 saturated carbocycles. The number of unbranched alkanes of at least 4 members (excludes halogenated alkanes) is 1. The van der Waals surface area contributed by atoms with Crippen molar-refractivity contribution in [3.63, 3.8) is 0 Å². The summed E-state index contributed by atoms with van der Waals surface area (Å²) in [7, 11) is 0.